The number of unbranched alkanes of at least 4 members (excludes halogenated alkanes) is 13. The second-order valence-corrected chi connectivity index (χ2v) is 7.19. The van der Waals surface area contributed by atoms with Gasteiger partial charge in [-0.2, -0.15) is 0 Å². The zero-order valence-electron chi connectivity index (χ0n) is 17.7. The molecule has 1 N–H and O–H groups in total. The van der Waals surface area contributed by atoms with Gasteiger partial charge in [0.1, 0.15) is 0 Å². The Bertz CT molecular complexity index is 334. The minimum Gasteiger partial charge on any atom is -0.481 e. The van der Waals surface area contributed by atoms with E-state index in [0.717, 1.165) is 19.3 Å². The third-order valence-corrected chi connectivity index (χ3v) is 4.32. The Morgan fingerprint density at radius 2 is 1.12 bits per heavy atom. The summed E-state index contributed by atoms with van der Waals surface area (Å²) in [4.78, 5) is 20.6. The van der Waals surface area contributed by atoms with E-state index in [9.17, 15) is 9.59 Å². The Hall–Kier alpha value is -1.12. The number of hydrogen-bond acceptors (Lipinski definition) is 2. The van der Waals surface area contributed by atoms with Gasteiger partial charge in [-0.25, -0.2) is 0 Å². The molecule has 0 fully saturated rings. The monoisotopic (exact) mass is 368 g/mol. The standard InChI is InChI=1S/C14H28O2.C9H16O/c1-2-3-4-5-6-7-8-9-10-11-12-13-14(15)16;1-3-4-5-6-7-8-9(2)10/h2-13H2,1H3,(H,15,16);7-8H,3-6H2,1-2H3. The van der Waals surface area contributed by atoms with Crippen molar-refractivity contribution >= 4 is 11.8 Å². The van der Waals surface area contributed by atoms with E-state index in [0.29, 0.717) is 6.42 Å². The van der Waals surface area contributed by atoms with E-state index in [2.05, 4.69) is 13.8 Å². The van der Waals surface area contributed by atoms with Crippen LogP contribution in [0, 0.1) is 0 Å². The average Bonchev–Trinajstić information content (AvgIpc) is 2.59. The van der Waals surface area contributed by atoms with Crippen molar-refractivity contribution in [1.29, 1.82) is 0 Å². The lowest BCUT2D eigenvalue weighted by Gasteiger charge is -2.01. The van der Waals surface area contributed by atoms with Crippen LogP contribution in [0.5, 0.6) is 0 Å². The van der Waals surface area contributed by atoms with Crippen molar-refractivity contribution in [2.24, 2.45) is 0 Å². The third kappa shape index (κ3) is 30.7. The maximum absolute atomic E-state index is 10.4. The van der Waals surface area contributed by atoms with Crippen LogP contribution in [0.25, 0.3) is 0 Å². The second kappa shape index (κ2) is 23.9. The molecule has 0 unspecified atom stereocenters. The first-order chi connectivity index (χ1) is 12.5. The summed E-state index contributed by atoms with van der Waals surface area (Å²) in [5.41, 5.74) is 0. The van der Waals surface area contributed by atoms with E-state index in [4.69, 9.17) is 5.11 Å². The number of allylic oxidation sites excluding steroid dienone is 2. The summed E-state index contributed by atoms with van der Waals surface area (Å²) in [5, 5.41) is 8.46. The molecular weight excluding hydrogens is 324 g/mol. The van der Waals surface area contributed by atoms with Crippen LogP contribution in [0.4, 0.5) is 0 Å². The fourth-order valence-corrected chi connectivity index (χ4v) is 2.70. The van der Waals surface area contributed by atoms with Crippen LogP contribution < -0.4 is 0 Å². The Balaban J connectivity index is 0. The van der Waals surface area contributed by atoms with Gasteiger partial charge in [0, 0.05) is 6.42 Å². The molecule has 3 heteroatoms. The van der Waals surface area contributed by atoms with Crippen LogP contribution in [0.3, 0.4) is 0 Å². The first kappa shape index (κ1) is 27.1. The summed E-state index contributed by atoms with van der Waals surface area (Å²) >= 11 is 0. The maximum Gasteiger partial charge on any atom is 0.303 e. The highest BCUT2D eigenvalue weighted by Gasteiger charge is 1.96. The van der Waals surface area contributed by atoms with Gasteiger partial charge in [0.2, 0.25) is 0 Å². The summed E-state index contributed by atoms with van der Waals surface area (Å²) in [6, 6.07) is 0. The molecule has 3 nitrogen and oxygen atoms in total. The average molecular weight is 369 g/mol. The van der Waals surface area contributed by atoms with E-state index >= 15 is 0 Å². The van der Waals surface area contributed by atoms with Crippen molar-refractivity contribution in [2.45, 2.75) is 124 Å². The lowest BCUT2D eigenvalue weighted by molar-refractivity contribution is -0.137. The van der Waals surface area contributed by atoms with Gasteiger partial charge in [-0.05, 0) is 32.3 Å². The maximum atomic E-state index is 10.4. The Morgan fingerprint density at radius 3 is 1.54 bits per heavy atom. The van der Waals surface area contributed by atoms with Crippen LogP contribution in [-0.2, 0) is 9.59 Å². The normalized spacial score (nSPS) is 10.6. The number of carboxylic acid groups (broad SMARTS) is 1. The van der Waals surface area contributed by atoms with Gasteiger partial charge >= 0.3 is 5.97 Å². The highest BCUT2D eigenvalue weighted by atomic mass is 16.4. The highest BCUT2D eigenvalue weighted by molar-refractivity contribution is 5.87. The molecule has 0 saturated heterocycles. The van der Waals surface area contributed by atoms with Gasteiger partial charge in [-0.1, -0.05) is 97.0 Å². The molecule has 0 aliphatic carbocycles. The number of carbonyl (C=O) groups excluding carboxylic acids is 1. The molecule has 0 aromatic rings. The summed E-state index contributed by atoms with van der Waals surface area (Å²) in [6.45, 7) is 6.00. The van der Waals surface area contributed by atoms with Crippen molar-refractivity contribution in [1.82, 2.24) is 0 Å². The fourth-order valence-electron chi connectivity index (χ4n) is 2.70. The van der Waals surface area contributed by atoms with Crippen molar-refractivity contribution in [3.8, 4) is 0 Å². The molecule has 0 radical (unpaired) electrons. The molecule has 0 bridgehead atoms. The lowest BCUT2D eigenvalue weighted by Crippen LogP contribution is -1.93. The summed E-state index contributed by atoms with van der Waals surface area (Å²) in [5.74, 6) is -0.507. The Morgan fingerprint density at radius 1 is 0.692 bits per heavy atom. The molecule has 0 heterocycles. The van der Waals surface area contributed by atoms with Crippen LogP contribution >= 0.6 is 0 Å². The van der Waals surface area contributed by atoms with Crippen molar-refractivity contribution in [2.75, 3.05) is 0 Å². The number of aliphatic carboxylic acids is 1. The van der Waals surface area contributed by atoms with E-state index in [1.165, 1.54) is 77.0 Å². The van der Waals surface area contributed by atoms with Gasteiger partial charge < -0.3 is 5.11 Å². The van der Waals surface area contributed by atoms with Gasteiger partial charge in [-0.15, -0.1) is 0 Å². The molecule has 0 aromatic carbocycles. The predicted octanol–water partition coefficient (Wildman–Crippen LogP) is 7.48. The Labute approximate surface area is 162 Å². The largest absolute Gasteiger partial charge is 0.481 e. The quantitative estimate of drug-likeness (QED) is 0.214. The number of carbonyl (C=O) groups is 2. The van der Waals surface area contributed by atoms with E-state index in [1.807, 2.05) is 6.08 Å². The molecular formula is C23H44O3. The molecule has 0 aromatic heterocycles. The smallest absolute Gasteiger partial charge is 0.303 e. The van der Waals surface area contributed by atoms with E-state index < -0.39 is 5.97 Å². The molecule has 0 aliphatic heterocycles. The first-order valence-corrected chi connectivity index (χ1v) is 10.9. The topological polar surface area (TPSA) is 54.4 Å². The van der Waals surface area contributed by atoms with Gasteiger partial charge in [-0.3, -0.25) is 9.59 Å². The van der Waals surface area contributed by atoms with Crippen molar-refractivity contribution in [3.05, 3.63) is 12.2 Å². The lowest BCUT2D eigenvalue weighted by atomic mass is 10.1. The van der Waals surface area contributed by atoms with Crippen LogP contribution in [-0.4, -0.2) is 16.9 Å². The van der Waals surface area contributed by atoms with Crippen LogP contribution in [0.1, 0.15) is 124 Å². The molecule has 0 rings (SSSR count). The molecule has 154 valence electrons. The second-order valence-electron chi connectivity index (χ2n) is 7.19. The molecule has 26 heavy (non-hydrogen) atoms. The third-order valence-electron chi connectivity index (χ3n) is 4.32. The SMILES string of the molecule is CCCCCC=CC(C)=O.CCCCCCCCCCCCCC(=O)O. The fraction of sp³-hybridized carbons (Fsp3) is 0.826. The van der Waals surface area contributed by atoms with Gasteiger partial charge in [0.15, 0.2) is 5.78 Å². The minimum absolute atomic E-state index is 0.150. The van der Waals surface area contributed by atoms with E-state index in [-0.39, 0.29) is 5.78 Å². The summed E-state index contributed by atoms with van der Waals surface area (Å²) < 4.78 is 0. The number of ketones is 1. The number of carboxylic acids is 1. The summed E-state index contributed by atoms with van der Waals surface area (Å²) in [7, 11) is 0. The highest BCUT2D eigenvalue weighted by Crippen LogP contribution is 2.11. The molecule has 0 amide bonds. The summed E-state index contributed by atoms with van der Waals surface area (Å²) in [6.07, 6.45) is 22.7. The molecule has 0 spiro atoms. The zero-order chi connectivity index (χ0) is 19.9. The van der Waals surface area contributed by atoms with E-state index in [1.54, 1.807) is 13.0 Å². The number of hydrogen-bond donors (Lipinski definition) is 1. The zero-order valence-corrected chi connectivity index (χ0v) is 17.7. The number of rotatable bonds is 17. The predicted molar refractivity (Wildman–Crippen MR) is 113 cm³/mol. The molecule has 0 aliphatic rings. The Kier molecular flexibility index (Phi) is 24.9. The first-order valence-electron chi connectivity index (χ1n) is 10.9. The van der Waals surface area contributed by atoms with Gasteiger partial charge in [0.25, 0.3) is 0 Å². The van der Waals surface area contributed by atoms with Crippen molar-refractivity contribution in [3.63, 3.8) is 0 Å². The van der Waals surface area contributed by atoms with Crippen LogP contribution in [0.2, 0.25) is 0 Å². The molecule has 0 atom stereocenters. The van der Waals surface area contributed by atoms with Gasteiger partial charge in [0.05, 0.1) is 0 Å². The molecule has 0 saturated carbocycles. The minimum atomic E-state index is -0.657. The van der Waals surface area contributed by atoms with Crippen molar-refractivity contribution < 1.29 is 14.7 Å². The van der Waals surface area contributed by atoms with Crippen LogP contribution in [0.15, 0.2) is 12.2 Å².